The van der Waals surface area contributed by atoms with Crippen LogP contribution in [0.15, 0.2) is 34.7 Å². The minimum absolute atomic E-state index is 0.166. The van der Waals surface area contributed by atoms with E-state index in [9.17, 15) is 4.79 Å². The topological polar surface area (TPSA) is 85.7 Å². The van der Waals surface area contributed by atoms with Crippen LogP contribution in [0.25, 0.3) is 0 Å². The summed E-state index contributed by atoms with van der Waals surface area (Å²) in [6.45, 7) is 4.32. The molecule has 0 saturated heterocycles. The lowest BCUT2D eigenvalue weighted by Crippen LogP contribution is -2.32. The van der Waals surface area contributed by atoms with Crippen LogP contribution in [0.1, 0.15) is 22.6 Å². The Hall–Kier alpha value is -2.27. The van der Waals surface area contributed by atoms with Crippen molar-refractivity contribution >= 4 is 5.97 Å². The molecule has 0 fully saturated rings. The van der Waals surface area contributed by atoms with Gasteiger partial charge in [-0.15, -0.1) is 0 Å². The van der Waals surface area contributed by atoms with Crippen molar-refractivity contribution in [3.05, 3.63) is 53.0 Å². The molecule has 1 aromatic carbocycles. The van der Waals surface area contributed by atoms with Gasteiger partial charge in [0.1, 0.15) is 29.9 Å². The highest BCUT2D eigenvalue weighted by atomic mass is 16.5. The van der Waals surface area contributed by atoms with E-state index in [2.05, 4.69) is 6.07 Å². The van der Waals surface area contributed by atoms with Crippen molar-refractivity contribution in [2.75, 3.05) is 0 Å². The number of benzene rings is 1. The summed E-state index contributed by atoms with van der Waals surface area (Å²) in [4.78, 5) is 10.7. The van der Waals surface area contributed by atoms with Gasteiger partial charge in [-0.2, -0.15) is 0 Å². The maximum absolute atomic E-state index is 10.7. The largest absolute Gasteiger partial charge is 0.486 e. The molecule has 3 N–H and O–H groups in total. The molecule has 1 aromatic heterocycles. The highest BCUT2D eigenvalue weighted by Crippen LogP contribution is 2.18. The quantitative estimate of drug-likeness (QED) is 0.853. The Labute approximate surface area is 123 Å². The SMILES string of the molecule is Cc1cc(C)cc(OCc2ccc(CC(N)C(=O)O)o2)c1. The van der Waals surface area contributed by atoms with Crippen LogP contribution in [-0.2, 0) is 17.8 Å². The van der Waals surface area contributed by atoms with Gasteiger partial charge in [-0.3, -0.25) is 4.79 Å². The summed E-state index contributed by atoms with van der Waals surface area (Å²) in [6, 6.07) is 8.53. The third-order valence-corrected chi connectivity index (χ3v) is 3.03. The fourth-order valence-corrected chi connectivity index (χ4v) is 2.08. The molecule has 0 aliphatic carbocycles. The fourth-order valence-electron chi connectivity index (χ4n) is 2.08. The van der Waals surface area contributed by atoms with Gasteiger partial charge in [0.2, 0.25) is 0 Å². The van der Waals surface area contributed by atoms with Crippen LogP contribution in [0.2, 0.25) is 0 Å². The molecule has 1 heterocycles. The van der Waals surface area contributed by atoms with Gasteiger partial charge in [0.25, 0.3) is 0 Å². The lowest BCUT2D eigenvalue weighted by atomic mass is 10.1. The Balaban J connectivity index is 1.95. The zero-order valence-electron chi connectivity index (χ0n) is 12.1. The number of carboxylic acid groups (broad SMARTS) is 1. The van der Waals surface area contributed by atoms with Gasteiger partial charge in [-0.1, -0.05) is 6.07 Å². The van der Waals surface area contributed by atoms with Crippen LogP contribution in [0.3, 0.4) is 0 Å². The number of rotatable bonds is 6. The summed E-state index contributed by atoms with van der Waals surface area (Å²) < 4.78 is 11.2. The highest BCUT2D eigenvalue weighted by Gasteiger charge is 2.14. The Morgan fingerprint density at radius 1 is 1.24 bits per heavy atom. The van der Waals surface area contributed by atoms with Crippen molar-refractivity contribution in [3.8, 4) is 5.75 Å². The molecule has 0 aliphatic heterocycles. The number of aryl methyl sites for hydroxylation is 2. The molecule has 0 aliphatic rings. The van der Waals surface area contributed by atoms with E-state index in [-0.39, 0.29) is 6.42 Å². The molecule has 0 spiro atoms. The number of nitrogens with two attached hydrogens (primary N) is 1. The van der Waals surface area contributed by atoms with Crippen LogP contribution in [0.4, 0.5) is 0 Å². The van der Waals surface area contributed by atoms with Crippen molar-refractivity contribution in [1.29, 1.82) is 0 Å². The van der Waals surface area contributed by atoms with Crippen LogP contribution in [0, 0.1) is 13.8 Å². The summed E-state index contributed by atoms with van der Waals surface area (Å²) >= 11 is 0. The fraction of sp³-hybridized carbons (Fsp3) is 0.312. The number of furan rings is 1. The molecule has 1 unspecified atom stereocenters. The van der Waals surface area contributed by atoms with E-state index in [1.54, 1.807) is 12.1 Å². The van der Waals surface area contributed by atoms with Gasteiger partial charge in [-0.05, 0) is 49.2 Å². The Morgan fingerprint density at radius 3 is 2.48 bits per heavy atom. The normalized spacial score (nSPS) is 12.1. The molecule has 0 saturated carbocycles. The average molecular weight is 289 g/mol. The lowest BCUT2D eigenvalue weighted by molar-refractivity contribution is -0.138. The van der Waals surface area contributed by atoms with Gasteiger partial charge < -0.3 is 20.0 Å². The third kappa shape index (κ3) is 4.36. The zero-order valence-corrected chi connectivity index (χ0v) is 12.1. The van der Waals surface area contributed by atoms with Gasteiger partial charge in [0.15, 0.2) is 0 Å². The predicted octanol–water partition coefficient (Wildman–Crippen LogP) is 2.43. The molecule has 1 atom stereocenters. The number of carboxylic acids is 1. The standard InChI is InChI=1S/C16H19NO4/c1-10-5-11(2)7-14(6-10)20-9-13-4-3-12(21-13)8-15(17)16(18)19/h3-7,15H,8-9,17H2,1-2H3,(H,18,19). The van der Waals surface area contributed by atoms with E-state index >= 15 is 0 Å². The van der Waals surface area contributed by atoms with E-state index in [1.807, 2.05) is 26.0 Å². The number of carbonyl (C=O) groups is 1. The second-order valence-electron chi connectivity index (χ2n) is 5.13. The summed E-state index contributed by atoms with van der Waals surface area (Å²) in [5.41, 5.74) is 7.74. The second-order valence-corrected chi connectivity index (χ2v) is 5.13. The lowest BCUT2D eigenvalue weighted by Gasteiger charge is -2.07. The zero-order chi connectivity index (χ0) is 15.4. The smallest absolute Gasteiger partial charge is 0.320 e. The summed E-state index contributed by atoms with van der Waals surface area (Å²) in [7, 11) is 0. The Bertz CT molecular complexity index is 613. The molecular formula is C16H19NO4. The van der Waals surface area contributed by atoms with Crippen LogP contribution in [-0.4, -0.2) is 17.1 Å². The maximum atomic E-state index is 10.7. The van der Waals surface area contributed by atoms with Crippen LogP contribution in [0.5, 0.6) is 5.75 Å². The molecule has 0 bridgehead atoms. The Morgan fingerprint density at radius 2 is 1.86 bits per heavy atom. The summed E-state index contributed by atoms with van der Waals surface area (Å²) in [5, 5.41) is 8.76. The monoisotopic (exact) mass is 289 g/mol. The Kier molecular flexibility index (Phi) is 4.65. The molecule has 2 rings (SSSR count). The number of ether oxygens (including phenoxy) is 1. The number of hydrogen-bond acceptors (Lipinski definition) is 4. The van der Waals surface area contributed by atoms with E-state index in [0.29, 0.717) is 18.1 Å². The first-order valence-electron chi connectivity index (χ1n) is 6.71. The molecule has 5 nitrogen and oxygen atoms in total. The second kappa shape index (κ2) is 6.45. The van der Waals surface area contributed by atoms with Gasteiger partial charge >= 0.3 is 5.97 Å². The predicted molar refractivity (Wildman–Crippen MR) is 78.3 cm³/mol. The van der Waals surface area contributed by atoms with E-state index in [0.717, 1.165) is 16.9 Å². The first-order chi connectivity index (χ1) is 9.94. The first kappa shape index (κ1) is 15.1. The highest BCUT2D eigenvalue weighted by molar-refractivity contribution is 5.73. The van der Waals surface area contributed by atoms with Crippen molar-refractivity contribution < 1.29 is 19.1 Å². The molecule has 0 amide bonds. The molecule has 2 aromatic rings. The van der Waals surface area contributed by atoms with Crippen molar-refractivity contribution in [2.24, 2.45) is 5.73 Å². The van der Waals surface area contributed by atoms with Crippen LogP contribution >= 0.6 is 0 Å². The first-order valence-corrected chi connectivity index (χ1v) is 6.71. The summed E-state index contributed by atoms with van der Waals surface area (Å²) in [5.74, 6) is 0.929. The molecule has 21 heavy (non-hydrogen) atoms. The molecule has 112 valence electrons. The molecule has 5 heteroatoms. The van der Waals surface area contributed by atoms with Crippen molar-refractivity contribution in [1.82, 2.24) is 0 Å². The van der Waals surface area contributed by atoms with Crippen molar-refractivity contribution in [2.45, 2.75) is 32.9 Å². The third-order valence-electron chi connectivity index (χ3n) is 3.03. The minimum Gasteiger partial charge on any atom is -0.486 e. The van der Waals surface area contributed by atoms with E-state index in [1.165, 1.54) is 0 Å². The van der Waals surface area contributed by atoms with Gasteiger partial charge in [-0.25, -0.2) is 0 Å². The van der Waals surface area contributed by atoms with E-state index in [4.69, 9.17) is 20.0 Å². The molecular weight excluding hydrogens is 270 g/mol. The molecule has 0 radical (unpaired) electrons. The number of hydrogen-bond donors (Lipinski definition) is 2. The minimum atomic E-state index is -1.04. The van der Waals surface area contributed by atoms with Crippen molar-refractivity contribution in [3.63, 3.8) is 0 Å². The average Bonchev–Trinajstić information content (AvgIpc) is 2.83. The van der Waals surface area contributed by atoms with Gasteiger partial charge in [0, 0.05) is 6.42 Å². The maximum Gasteiger partial charge on any atom is 0.320 e. The number of aliphatic carboxylic acids is 1. The van der Waals surface area contributed by atoms with Crippen LogP contribution < -0.4 is 10.5 Å². The van der Waals surface area contributed by atoms with Gasteiger partial charge in [0.05, 0.1) is 0 Å². The summed E-state index contributed by atoms with van der Waals surface area (Å²) in [6.07, 6.45) is 0.166. The van der Waals surface area contributed by atoms with E-state index < -0.39 is 12.0 Å².